The van der Waals surface area contributed by atoms with Gasteiger partial charge < -0.3 is 5.32 Å². The monoisotopic (exact) mass is 361 g/mol. The molecule has 1 aromatic carbocycles. The van der Waals surface area contributed by atoms with Gasteiger partial charge >= 0.3 is 0 Å². The Morgan fingerprint density at radius 3 is 2.56 bits per heavy atom. The van der Waals surface area contributed by atoms with Gasteiger partial charge in [-0.3, -0.25) is 18.8 Å². The summed E-state index contributed by atoms with van der Waals surface area (Å²) in [6, 6.07) is 9.53. The first-order valence-electron chi connectivity index (χ1n) is 8.16. The molecule has 27 heavy (non-hydrogen) atoms. The second-order valence-corrected chi connectivity index (χ2v) is 5.89. The fourth-order valence-electron chi connectivity index (χ4n) is 2.66. The molecule has 134 valence electrons. The van der Waals surface area contributed by atoms with Gasteiger partial charge in [0.2, 0.25) is 5.91 Å². The molecule has 0 bridgehead atoms. The molecule has 1 amide bonds. The minimum atomic E-state index is -0.377. The van der Waals surface area contributed by atoms with Crippen LogP contribution in [0.25, 0.3) is 22.4 Å². The Kier molecular flexibility index (Phi) is 4.17. The maximum atomic E-state index is 12.4. The maximum absolute atomic E-state index is 12.4. The summed E-state index contributed by atoms with van der Waals surface area (Å²) < 4.78 is 2.74. The molecule has 0 saturated heterocycles. The molecular formula is C18H15N7O2. The van der Waals surface area contributed by atoms with Crippen LogP contribution in [0.5, 0.6) is 0 Å². The smallest absolute Gasteiger partial charge is 0.264 e. The Hall–Kier alpha value is -3.88. The number of carbonyl (C=O) groups excluding carboxylic acids is 1. The third-order valence-electron chi connectivity index (χ3n) is 4.00. The number of nitrogens with zero attached hydrogens (tertiary/aromatic N) is 6. The van der Waals surface area contributed by atoms with Crippen LogP contribution < -0.4 is 10.9 Å². The highest BCUT2D eigenvalue weighted by molar-refractivity contribution is 5.90. The molecule has 0 saturated carbocycles. The Bertz CT molecular complexity index is 1160. The molecule has 0 aliphatic carbocycles. The second-order valence-electron chi connectivity index (χ2n) is 5.89. The third kappa shape index (κ3) is 3.30. The molecule has 3 heterocycles. The average molecular weight is 361 g/mol. The van der Waals surface area contributed by atoms with Gasteiger partial charge in [-0.2, -0.15) is 5.10 Å². The molecule has 3 aromatic heterocycles. The van der Waals surface area contributed by atoms with Crippen LogP contribution in [0.4, 0.5) is 5.69 Å². The van der Waals surface area contributed by atoms with E-state index in [1.807, 2.05) is 30.3 Å². The van der Waals surface area contributed by atoms with E-state index in [2.05, 4.69) is 25.4 Å². The highest BCUT2D eigenvalue weighted by Crippen LogP contribution is 2.14. The SMILES string of the molecule is Cn1ncc2c(=O)n(CC(=O)Nc3cnc(-c4ccccc4)nc3)cnc21. The van der Waals surface area contributed by atoms with Crippen molar-refractivity contribution in [2.45, 2.75) is 6.54 Å². The van der Waals surface area contributed by atoms with Crippen LogP contribution in [0, 0.1) is 0 Å². The van der Waals surface area contributed by atoms with E-state index in [1.165, 1.54) is 34.2 Å². The fourth-order valence-corrected chi connectivity index (χ4v) is 2.66. The minimum Gasteiger partial charge on any atom is -0.322 e. The van der Waals surface area contributed by atoms with Gasteiger partial charge in [0.05, 0.1) is 24.3 Å². The van der Waals surface area contributed by atoms with Gasteiger partial charge in [-0.25, -0.2) is 15.0 Å². The summed E-state index contributed by atoms with van der Waals surface area (Å²) in [5.74, 6) is 0.189. The van der Waals surface area contributed by atoms with Crippen molar-refractivity contribution in [3.63, 3.8) is 0 Å². The Labute approximate surface area is 153 Å². The minimum absolute atomic E-state index is 0.170. The molecule has 9 heteroatoms. The zero-order chi connectivity index (χ0) is 18.8. The lowest BCUT2D eigenvalue weighted by atomic mass is 10.2. The van der Waals surface area contributed by atoms with Crippen molar-refractivity contribution in [2.75, 3.05) is 5.32 Å². The molecule has 0 atom stereocenters. The number of carbonyl (C=O) groups is 1. The van der Waals surface area contributed by atoms with Gasteiger partial charge in [-0.15, -0.1) is 0 Å². The first-order valence-corrected chi connectivity index (χ1v) is 8.16. The largest absolute Gasteiger partial charge is 0.322 e. The highest BCUT2D eigenvalue weighted by Gasteiger charge is 2.11. The molecule has 0 radical (unpaired) electrons. The van der Waals surface area contributed by atoms with E-state index in [1.54, 1.807) is 7.05 Å². The quantitative estimate of drug-likeness (QED) is 0.586. The van der Waals surface area contributed by atoms with Crippen LogP contribution in [0.2, 0.25) is 0 Å². The van der Waals surface area contributed by atoms with Crippen LogP contribution in [-0.2, 0) is 18.4 Å². The summed E-state index contributed by atoms with van der Waals surface area (Å²) in [5, 5.41) is 7.04. The third-order valence-corrected chi connectivity index (χ3v) is 4.00. The number of aryl methyl sites for hydroxylation is 1. The maximum Gasteiger partial charge on any atom is 0.264 e. The lowest BCUT2D eigenvalue weighted by molar-refractivity contribution is -0.116. The van der Waals surface area contributed by atoms with Crippen molar-refractivity contribution in [1.29, 1.82) is 0 Å². The normalized spacial score (nSPS) is 10.9. The molecule has 0 unspecified atom stereocenters. The van der Waals surface area contributed by atoms with E-state index in [4.69, 9.17) is 0 Å². The van der Waals surface area contributed by atoms with Crippen molar-refractivity contribution in [1.82, 2.24) is 29.3 Å². The molecule has 4 rings (SSSR count). The van der Waals surface area contributed by atoms with Gasteiger partial charge in [0.25, 0.3) is 5.56 Å². The summed E-state index contributed by atoms with van der Waals surface area (Å²) in [6.07, 6.45) is 5.83. The standard InChI is InChI=1S/C18H15N7O2/c1-24-17-14(9-22-24)18(27)25(11-21-17)10-15(26)23-13-7-19-16(20-8-13)12-5-3-2-4-6-12/h2-9,11H,10H2,1H3,(H,23,26). The number of hydrogen-bond acceptors (Lipinski definition) is 6. The van der Waals surface area contributed by atoms with Crippen molar-refractivity contribution >= 4 is 22.6 Å². The van der Waals surface area contributed by atoms with Crippen LogP contribution in [-0.4, -0.2) is 35.2 Å². The summed E-state index contributed by atoms with van der Waals surface area (Å²) in [5.41, 5.74) is 1.49. The number of hydrogen-bond donors (Lipinski definition) is 1. The summed E-state index contributed by atoms with van der Waals surface area (Å²) in [7, 11) is 1.70. The molecular weight excluding hydrogens is 346 g/mol. The zero-order valence-corrected chi connectivity index (χ0v) is 14.4. The molecule has 0 aliphatic rings. The molecule has 4 aromatic rings. The van der Waals surface area contributed by atoms with Crippen LogP contribution in [0.15, 0.2) is 60.0 Å². The van der Waals surface area contributed by atoms with Gasteiger partial charge in [-0.05, 0) is 0 Å². The van der Waals surface area contributed by atoms with Crippen LogP contribution in [0.3, 0.4) is 0 Å². The number of fused-ring (bicyclic) bond motifs is 1. The topological polar surface area (TPSA) is 108 Å². The number of anilines is 1. The number of rotatable bonds is 4. The van der Waals surface area contributed by atoms with Crippen molar-refractivity contribution < 1.29 is 4.79 Å². The summed E-state index contributed by atoms with van der Waals surface area (Å²) in [4.78, 5) is 37.3. The Balaban J connectivity index is 1.48. The van der Waals surface area contributed by atoms with Crippen molar-refractivity contribution in [2.24, 2.45) is 7.05 Å². The second kappa shape index (κ2) is 6.79. The van der Waals surface area contributed by atoms with E-state index >= 15 is 0 Å². The predicted molar refractivity (Wildman–Crippen MR) is 98.9 cm³/mol. The lowest BCUT2D eigenvalue weighted by Gasteiger charge is -2.07. The predicted octanol–water partition coefficient (Wildman–Crippen LogP) is 1.23. The van der Waals surface area contributed by atoms with Crippen LogP contribution >= 0.6 is 0 Å². The molecule has 0 aliphatic heterocycles. The van der Waals surface area contributed by atoms with Gasteiger partial charge in [0.1, 0.15) is 18.3 Å². The van der Waals surface area contributed by atoms with E-state index in [9.17, 15) is 9.59 Å². The van der Waals surface area contributed by atoms with Crippen molar-refractivity contribution in [3.05, 3.63) is 65.6 Å². The molecule has 1 N–H and O–H groups in total. The number of nitrogens with one attached hydrogen (secondary N) is 1. The van der Waals surface area contributed by atoms with E-state index in [0.29, 0.717) is 22.5 Å². The number of amides is 1. The first-order chi connectivity index (χ1) is 13.1. The van der Waals surface area contributed by atoms with Crippen molar-refractivity contribution in [3.8, 4) is 11.4 Å². The van der Waals surface area contributed by atoms with E-state index < -0.39 is 0 Å². The number of benzene rings is 1. The Morgan fingerprint density at radius 2 is 1.81 bits per heavy atom. The van der Waals surface area contributed by atoms with Gasteiger partial charge in [0.15, 0.2) is 11.5 Å². The summed E-state index contributed by atoms with van der Waals surface area (Å²) >= 11 is 0. The van der Waals surface area contributed by atoms with E-state index in [-0.39, 0.29) is 18.0 Å². The highest BCUT2D eigenvalue weighted by atomic mass is 16.2. The molecule has 9 nitrogen and oxygen atoms in total. The average Bonchev–Trinajstić information content (AvgIpc) is 3.07. The molecule has 0 fully saturated rings. The molecule has 0 spiro atoms. The Morgan fingerprint density at radius 1 is 1.07 bits per heavy atom. The zero-order valence-electron chi connectivity index (χ0n) is 14.4. The number of aromatic nitrogens is 6. The van der Waals surface area contributed by atoms with Crippen LogP contribution in [0.1, 0.15) is 0 Å². The fraction of sp³-hybridized carbons (Fsp3) is 0.111. The van der Waals surface area contributed by atoms with Gasteiger partial charge in [0, 0.05) is 12.6 Å². The lowest BCUT2D eigenvalue weighted by Crippen LogP contribution is -2.27. The van der Waals surface area contributed by atoms with E-state index in [0.717, 1.165) is 5.56 Å². The first kappa shape index (κ1) is 16.6. The summed E-state index contributed by atoms with van der Waals surface area (Å²) in [6.45, 7) is -0.170. The van der Waals surface area contributed by atoms with Gasteiger partial charge in [-0.1, -0.05) is 30.3 Å².